The lowest BCUT2D eigenvalue weighted by molar-refractivity contribution is 0.598. The SMILES string of the molecule is NS(=O)(=O)c1cccc(Nc2nc(-c3ccncc3)cc(=O)[nH]2)c1. The van der Waals surface area contributed by atoms with E-state index in [1.807, 2.05) is 0 Å². The van der Waals surface area contributed by atoms with E-state index >= 15 is 0 Å². The molecule has 0 unspecified atom stereocenters. The van der Waals surface area contributed by atoms with Crippen molar-refractivity contribution >= 4 is 21.7 Å². The summed E-state index contributed by atoms with van der Waals surface area (Å²) in [5, 5.41) is 7.97. The number of hydrogen-bond acceptors (Lipinski definition) is 6. The van der Waals surface area contributed by atoms with Gasteiger partial charge in [0.2, 0.25) is 16.0 Å². The van der Waals surface area contributed by atoms with Crippen LogP contribution >= 0.6 is 0 Å². The highest BCUT2D eigenvalue weighted by molar-refractivity contribution is 7.89. The third-order valence-corrected chi connectivity index (χ3v) is 4.05. The van der Waals surface area contributed by atoms with Crippen LogP contribution in [0, 0.1) is 0 Å². The fraction of sp³-hybridized carbons (Fsp3) is 0. The zero-order valence-electron chi connectivity index (χ0n) is 12.3. The fourth-order valence-electron chi connectivity index (χ4n) is 2.07. The highest BCUT2D eigenvalue weighted by atomic mass is 32.2. The number of nitrogens with zero attached hydrogens (tertiary/aromatic N) is 2. The fourth-order valence-corrected chi connectivity index (χ4v) is 2.63. The second-order valence-corrected chi connectivity index (χ2v) is 6.47. The molecule has 0 aliphatic heterocycles. The number of benzene rings is 1. The second-order valence-electron chi connectivity index (χ2n) is 4.91. The Hall–Kier alpha value is -3.04. The molecule has 0 fully saturated rings. The normalized spacial score (nSPS) is 11.2. The van der Waals surface area contributed by atoms with Crippen molar-refractivity contribution in [3.8, 4) is 11.3 Å². The van der Waals surface area contributed by atoms with E-state index in [-0.39, 0.29) is 16.4 Å². The molecule has 2 heterocycles. The van der Waals surface area contributed by atoms with Crippen LogP contribution in [0.3, 0.4) is 0 Å². The first-order chi connectivity index (χ1) is 11.4. The minimum Gasteiger partial charge on any atom is -0.326 e. The molecule has 0 spiro atoms. The Morgan fingerprint density at radius 1 is 1.08 bits per heavy atom. The molecule has 0 amide bonds. The average Bonchev–Trinajstić information content (AvgIpc) is 2.54. The van der Waals surface area contributed by atoms with E-state index in [0.29, 0.717) is 11.4 Å². The van der Waals surface area contributed by atoms with E-state index in [1.54, 1.807) is 30.6 Å². The number of nitrogens with one attached hydrogen (secondary N) is 2. The smallest absolute Gasteiger partial charge is 0.252 e. The average molecular weight is 343 g/mol. The van der Waals surface area contributed by atoms with E-state index in [1.165, 1.54) is 24.3 Å². The molecule has 0 saturated heterocycles. The maximum Gasteiger partial charge on any atom is 0.252 e. The Bertz CT molecular complexity index is 1030. The monoisotopic (exact) mass is 343 g/mol. The standard InChI is InChI=1S/C15H13N5O3S/c16-24(22,23)12-3-1-2-11(8-12)18-15-19-13(9-14(21)20-15)10-4-6-17-7-5-10/h1-9H,(H2,16,22,23)(H2,18,19,20,21). The number of anilines is 2. The number of H-pyrrole nitrogens is 1. The van der Waals surface area contributed by atoms with Gasteiger partial charge in [-0.15, -0.1) is 0 Å². The molecule has 4 N–H and O–H groups in total. The summed E-state index contributed by atoms with van der Waals surface area (Å²) in [6.45, 7) is 0. The van der Waals surface area contributed by atoms with Crippen LogP contribution in [0.4, 0.5) is 11.6 Å². The van der Waals surface area contributed by atoms with Gasteiger partial charge in [0, 0.05) is 29.7 Å². The molecule has 2 aromatic heterocycles. The van der Waals surface area contributed by atoms with Gasteiger partial charge >= 0.3 is 0 Å². The summed E-state index contributed by atoms with van der Waals surface area (Å²) >= 11 is 0. The molecule has 0 aliphatic rings. The molecule has 0 atom stereocenters. The number of pyridine rings is 1. The molecule has 8 nitrogen and oxygen atoms in total. The Morgan fingerprint density at radius 2 is 1.83 bits per heavy atom. The van der Waals surface area contributed by atoms with Crippen molar-refractivity contribution in [2.75, 3.05) is 5.32 Å². The van der Waals surface area contributed by atoms with Crippen LogP contribution < -0.4 is 16.0 Å². The van der Waals surface area contributed by atoms with Crippen LogP contribution in [-0.2, 0) is 10.0 Å². The molecule has 1 aromatic carbocycles. The maximum absolute atomic E-state index is 11.8. The van der Waals surface area contributed by atoms with Gasteiger partial charge in [0.15, 0.2) is 0 Å². The van der Waals surface area contributed by atoms with Crippen LogP contribution in [0.5, 0.6) is 0 Å². The van der Waals surface area contributed by atoms with Crippen LogP contribution in [0.2, 0.25) is 0 Å². The van der Waals surface area contributed by atoms with E-state index < -0.39 is 10.0 Å². The first-order valence-electron chi connectivity index (χ1n) is 6.83. The second kappa shape index (κ2) is 6.22. The summed E-state index contributed by atoms with van der Waals surface area (Å²) in [5.74, 6) is 0.181. The zero-order valence-corrected chi connectivity index (χ0v) is 13.1. The number of rotatable bonds is 4. The third-order valence-electron chi connectivity index (χ3n) is 3.14. The molecule has 3 rings (SSSR count). The molecular weight excluding hydrogens is 330 g/mol. The molecule has 0 bridgehead atoms. The highest BCUT2D eigenvalue weighted by Crippen LogP contribution is 2.19. The van der Waals surface area contributed by atoms with Crippen molar-refractivity contribution in [3.63, 3.8) is 0 Å². The van der Waals surface area contributed by atoms with Gasteiger partial charge in [0.25, 0.3) is 5.56 Å². The summed E-state index contributed by atoms with van der Waals surface area (Å²) in [6.07, 6.45) is 3.20. The van der Waals surface area contributed by atoms with Crippen molar-refractivity contribution in [2.45, 2.75) is 4.90 Å². The summed E-state index contributed by atoms with van der Waals surface area (Å²) < 4.78 is 22.8. The van der Waals surface area contributed by atoms with Crippen LogP contribution in [0.15, 0.2) is 64.5 Å². The van der Waals surface area contributed by atoms with Crippen LogP contribution in [0.25, 0.3) is 11.3 Å². The van der Waals surface area contributed by atoms with E-state index in [4.69, 9.17) is 5.14 Å². The molecular formula is C15H13N5O3S. The highest BCUT2D eigenvalue weighted by Gasteiger charge is 2.09. The number of aromatic nitrogens is 3. The van der Waals surface area contributed by atoms with Gasteiger partial charge in [0.05, 0.1) is 10.6 Å². The van der Waals surface area contributed by atoms with Gasteiger partial charge in [0.1, 0.15) is 0 Å². The molecule has 122 valence electrons. The minimum atomic E-state index is -3.82. The van der Waals surface area contributed by atoms with E-state index in [2.05, 4.69) is 20.3 Å². The van der Waals surface area contributed by atoms with Crippen LogP contribution in [0.1, 0.15) is 0 Å². The first kappa shape index (κ1) is 15.8. The number of sulfonamides is 1. The quantitative estimate of drug-likeness (QED) is 0.653. The number of nitrogens with two attached hydrogens (primary N) is 1. The van der Waals surface area contributed by atoms with Crippen molar-refractivity contribution in [2.24, 2.45) is 5.14 Å². The predicted molar refractivity (Wildman–Crippen MR) is 89.2 cm³/mol. The topological polar surface area (TPSA) is 131 Å². The maximum atomic E-state index is 11.8. The number of primary sulfonamides is 1. The third kappa shape index (κ3) is 3.65. The first-order valence-corrected chi connectivity index (χ1v) is 8.38. The van der Waals surface area contributed by atoms with Crippen LogP contribution in [-0.4, -0.2) is 23.4 Å². The Balaban J connectivity index is 1.97. The molecule has 0 radical (unpaired) electrons. The summed E-state index contributed by atoms with van der Waals surface area (Å²) in [6, 6.07) is 10.7. The van der Waals surface area contributed by atoms with E-state index in [9.17, 15) is 13.2 Å². The molecule has 0 aliphatic carbocycles. The van der Waals surface area contributed by atoms with Crippen molar-refractivity contribution in [1.82, 2.24) is 15.0 Å². The zero-order chi connectivity index (χ0) is 17.2. The Labute approximate surface area is 137 Å². The summed E-state index contributed by atoms with van der Waals surface area (Å²) in [7, 11) is -3.82. The predicted octanol–water partition coefficient (Wildman–Crippen LogP) is 1.22. The largest absolute Gasteiger partial charge is 0.326 e. The summed E-state index contributed by atoms with van der Waals surface area (Å²) in [4.78, 5) is 22.6. The molecule has 9 heteroatoms. The summed E-state index contributed by atoms with van der Waals surface area (Å²) in [5.41, 5.74) is 1.28. The lowest BCUT2D eigenvalue weighted by Gasteiger charge is -2.08. The van der Waals surface area contributed by atoms with Crippen molar-refractivity contribution in [1.29, 1.82) is 0 Å². The van der Waals surface area contributed by atoms with Crippen molar-refractivity contribution < 1.29 is 8.42 Å². The van der Waals surface area contributed by atoms with Gasteiger partial charge in [-0.05, 0) is 30.3 Å². The van der Waals surface area contributed by atoms with Gasteiger partial charge in [-0.3, -0.25) is 14.8 Å². The van der Waals surface area contributed by atoms with E-state index in [0.717, 1.165) is 5.56 Å². The van der Waals surface area contributed by atoms with Gasteiger partial charge in [-0.1, -0.05) is 6.07 Å². The van der Waals surface area contributed by atoms with Gasteiger partial charge in [-0.25, -0.2) is 18.5 Å². The molecule has 0 saturated carbocycles. The van der Waals surface area contributed by atoms with Gasteiger partial charge < -0.3 is 5.32 Å². The molecule has 3 aromatic rings. The Morgan fingerprint density at radius 3 is 2.54 bits per heavy atom. The number of hydrogen-bond donors (Lipinski definition) is 3. The lowest BCUT2D eigenvalue weighted by atomic mass is 10.2. The van der Waals surface area contributed by atoms with Gasteiger partial charge in [-0.2, -0.15) is 0 Å². The molecule has 24 heavy (non-hydrogen) atoms. The number of aromatic amines is 1. The van der Waals surface area contributed by atoms with Crippen molar-refractivity contribution in [3.05, 3.63) is 65.2 Å². The Kier molecular flexibility index (Phi) is 4.11. The minimum absolute atomic E-state index is 0.0415. The lowest BCUT2D eigenvalue weighted by Crippen LogP contribution is -2.13.